The van der Waals surface area contributed by atoms with Gasteiger partial charge in [-0.05, 0) is 59.2 Å². The maximum atomic E-state index is 12.7. The maximum Gasteiger partial charge on any atom is 0.201 e. The first-order chi connectivity index (χ1) is 9.54. The molecule has 0 aliphatic heterocycles. The lowest BCUT2D eigenvalue weighted by Gasteiger charge is -2.29. The second kappa shape index (κ2) is 5.36. The normalized spacial score (nSPS) is 26.9. The fourth-order valence-corrected chi connectivity index (χ4v) is 3.97. The largest absolute Gasteiger partial charge is 0.452 e. The van der Waals surface area contributed by atoms with Crippen LogP contribution in [0.15, 0.2) is 33.2 Å². The molecule has 20 heavy (non-hydrogen) atoms. The van der Waals surface area contributed by atoms with Gasteiger partial charge in [-0.2, -0.15) is 0 Å². The van der Waals surface area contributed by atoms with Crippen LogP contribution in [0, 0.1) is 17.8 Å². The van der Waals surface area contributed by atoms with E-state index in [0.717, 1.165) is 28.3 Å². The average Bonchev–Trinajstić information content (AvgIpc) is 2.82. The molecule has 2 nitrogen and oxygen atoms in total. The van der Waals surface area contributed by atoms with Crippen molar-refractivity contribution in [3.8, 4) is 0 Å². The number of Topliss-reactive ketones (excluding diaryl/α,β-unsaturated/α-hetero) is 1. The average molecular weight is 335 g/mol. The Morgan fingerprint density at radius 2 is 1.90 bits per heavy atom. The molecule has 3 rings (SSSR count). The Balaban J connectivity index is 1.90. The Bertz CT molecular complexity index is 633. The van der Waals surface area contributed by atoms with Gasteiger partial charge in [0.25, 0.3) is 0 Å². The summed E-state index contributed by atoms with van der Waals surface area (Å²) >= 11 is 3.47. The Kier molecular flexibility index (Phi) is 3.72. The van der Waals surface area contributed by atoms with Gasteiger partial charge in [0, 0.05) is 11.3 Å². The van der Waals surface area contributed by atoms with Crippen molar-refractivity contribution in [2.24, 2.45) is 17.8 Å². The number of hydrogen-bond donors (Lipinski definition) is 0. The third kappa shape index (κ3) is 2.56. The summed E-state index contributed by atoms with van der Waals surface area (Å²) in [5.74, 6) is 2.06. The Morgan fingerprint density at radius 1 is 1.20 bits per heavy atom. The number of rotatable bonds is 2. The fraction of sp³-hybridized carbons (Fsp3) is 0.471. The molecule has 1 aliphatic carbocycles. The molecule has 2 unspecified atom stereocenters. The van der Waals surface area contributed by atoms with Crippen molar-refractivity contribution in [3.63, 3.8) is 0 Å². The number of fused-ring (bicyclic) bond motifs is 1. The number of benzene rings is 1. The summed E-state index contributed by atoms with van der Waals surface area (Å²) in [6.45, 7) is 4.48. The highest BCUT2D eigenvalue weighted by Crippen LogP contribution is 2.36. The highest BCUT2D eigenvalue weighted by molar-refractivity contribution is 9.10. The van der Waals surface area contributed by atoms with Crippen LogP contribution in [-0.4, -0.2) is 5.78 Å². The number of carbonyl (C=O) groups excluding carboxylic acids is 1. The van der Waals surface area contributed by atoms with Gasteiger partial charge in [0.2, 0.25) is 5.78 Å². The molecule has 0 saturated heterocycles. The van der Waals surface area contributed by atoms with Crippen LogP contribution < -0.4 is 0 Å². The maximum absolute atomic E-state index is 12.7. The van der Waals surface area contributed by atoms with Gasteiger partial charge in [-0.15, -0.1) is 0 Å². The quantitative estimate of drug-likeness (QED) is 0.683. The van der Waals surface area contributed by atoms with E-state index in [1.54, 1.807) is 0 Å². The van der Waals surface area contributed by atoms with Crippen LogP contribution in [0.3, 0.4) is 0 Å². The molecule has 3 heteroatoms. The van der Waals surface area contributed by atoms with Crippen molar-refractivity contribution in [1.29, 1.82) is 0 Å². The number of halogens is 1. The van der Waals surface area contributed by atoms with Gasteiger partial charge in [0.15, 0.2) is 5.76 Å². The zero-order valence-corrected chi connectivity index (χ0v) is 13.4. The molecule has 0 radical (unpaired) electrons. The Hall–Kier alpha value is -1.09. The first-order valence-electron chi connectivity index (χ1n) is 7.27. The lowest BCUT2D eigenvalue weighted by Crippen LogP contribution is -2.25. The van der Waals surface area contributed by atoms with Gasteiger partial charge in [-0.25, -0.2) is 0 Å². The molecule has 1 fully saturated rings. The molecule has 0 amide bonds. The molecule has 2 aromatic rings. The summed E-state index contributed by atoms with van der Waals surface area (Å²) in [4.78, 5) is 12.7. The van der Waals surface area contributed by atoms with Crippen molar-refractivity contribution >= 4 is 32.7 Å². The molecular weight excluding hydrogens is 316 g/mol. The minimum Gasteiger partial charge on any atom is -0.452 e. The van der Waals surface area contributed by atoms with E-state index in [1.165, 1.54) is 6.42 Å². The molecule has 1 heterocycles. The first-order valence-corrected chi connectivity index (χ1v) is 8.06. The van der Waals surface area contributed by atoms with E-state index in [9.17, 15) is 4.79 Å². The molecular formula is C17H19BrO2. The number of hydrogen-bond acceptors (Lipinski definition) is 2. The first kappa shape index (κ1) is 13.9. The standard InChI is InChI=1S/C17H19BrO2/c1-10-6-11(2)8-13(7-10)16(19)15-9-12-4-3-5-14(18)17(12)20-15/h3-5,9-11,13H,6-8H2,1-2H3. The SMILES string of the molecule is CC1CC(C)CC(C(=O)c2cc3cccc(Br)c3o2)C1. The number of para-hydroxylation sites is 1. The minimum atomic E-state index is 0.119. The third-order valence-corrected chi connectivity index (χ3v) is 4.91. The van der Waals surface area contributed by atoms with Gasteiger partial charge in [0.05, 0.1) is 4.47 Å². The molecule has 0 spiro atoms. The highest BCUT2D eigenvalue weighted by atomic mass is 79.9. The van der Waals surface area contributed by atoms with E-state index in [2.05, 4.69) is 29.8 Å². The van der Waals surface area contributed by atoms with Gasteiger partial charge >= 0.3 is 0 Å². The zero-order chi connectivity index (χ0) is 14.3. The topological polar surface area (TPSA) is 30.2 Å². The summed E-state index contributed by atoms with van der Waals surface area (Å²) in [7, 11) is 0. The van der Waals surface area contributed by atoms with Crippen LogP contribution in [-0.2, 0) is 0 Å². The van der Waals surface area contributed by atoms with Crippen LogP contribution in [0.25, 0.3) is 11.0 Å². The lowest BCUT2D eigenvalue weighted by atomic mass is 9.75. The van der Waals surface area contributed by atoms with Crippen molar-refractivity contribution in [3.05, 3.63) is 34.5 Å². The van der Waals surface area contributed by atoms with Crippen LogP contribution in [0.2, 0.25) is 0 Å². The van der Waals surface area contributed by atoms with Crippen molar-refractivity contribution < 1.29 is 9.21 Å². The van der Waals surface area contributed by atoms with Crippen LogP contribution in [0.4, 0.5) is 0 Å². The van der Waals surface area contributed by atoms with Gasteiger partial charge < -0.3 is 4.42 Å². The molecule has 0 N–H and O–H groups in total. The van der Waals surface area contributed by atoms with Crippen LogP contribution in [0.5, 0.6) is 0 Å². The lowest BCUT2D eigenvalue weighted by molar-refractivity contribution is 0.0809. The number of ketones is 1. The minimum absolute atomic E-state index is 0.119. The Labute approximate surface area is 127 Å². The van der Waals surface area contributed by atoms with E-state index in [4.69, 9.17) is 4.42 Å². The summed E-state index contributed by atoms with van der Waals surface area (Å²) in [6, 6.07) is 7.75. The molecule has 106 valence electrons. The van der Waals surface area contributed by atoms with Gasteiger partial charge in [-0.3, -0.25) is 4.79 Å². The van der Waals surface area contributed by atoms with Crippen LogP contribution >= 0.6 is 15.9 Å². The third-order valence-electron chi connectivity index (χ3n) is 4.29. The summed E-state index contributed by atoms with van der Waals surface area (Å²) in [6.07, 6.45) is 3.21. The van der Waals surface area contributed by atoms with E-state index < -0.39 is 0 Å². The smallest absolute Gasteiger partial charge is 0.201 e. The van der Waals surface area contributed by atoms with Gasteiger partial charge in [0.1, 0.15) is 5.58 Å². The van der Waals surface area contributed by atoms with E-state index in [0.29, 0.717) is 17.6 Å². The van der Waals surface area contributed by atoms with Crippen LogP contribution in [0.1, 0.15) is 43.7 Å². The van der Waals surface area contributed by atoms with E-state index >= 15 is 0 Å². The zero-order valence-electron chi connectivity index (χ0n) is 11.9. The molecule has 0 bridgehead atoms. The number of carbonyl (C=O) groups is 1. The van der Waals surface area contributed by atoms with E-state index in [1.807, 2.05) is 24.3 Å². The molecule has 1 aromatic heterocycles. The predicted octanol–water partition coefficient (Wildman–Crippen LogP) is 5.45. The van der Waals surface area contributed by atoms with Crippen molar-refractivity contribution in [1.82, 2.24) is 0 Å². The van der Waals surface area contributed by atoms with Crippen molar-refractivity contribution in [2.75, 3.05) is 0 Å². The summed E-state index contributed by atoms with van der Waals surface area (Å²) < 4.78 is 6.69. The summed E-state index contributed by atoms with van der Waals surface area (Å²) in [5.41, 5.74) is 0.771. The van der Waals surface area contributed by atoms with Crippen molar-refractivity contribution in [2.45, 2.75) is 33.1 Å². The van der Waals surface area contributed by atoms with E-state index in [-0.39, 0.29) is 11.7 Å². The Morgan fingerprint density at radius 3 is 2.55 bits per heavy atom. The monoisotopic (exact) mass is 334 g/mol. The fourth-order valence-electron chi connectivity index (χ4n) is 3.51. The number of furan rings is 1. The summed E-state index contributed by atoms with van der Waals surface area (Å²) in [5, 5.41) is 0.986. The molecule has 1 aromatic carbocycles. The molecule has 2 atom stereocenters. The predicted molar refractivity (Wildman–Crippen MR) is 83.9 cm³/mol. The molecule has 1 saturated carbocycles. The second-order valence-electron chi connectivity index (χ2n) is 6.25. The van der Waals surface area contributed by atoms with Gasteiger partial charge in [-0.1, -0.05) is 26.0 Å². The molecule has 1 aliphatic rings. The second-order valence-corrected chi connectivity index (χ2v) is 7.10. The highest BCUT2D eigenvalue weighted by Gasteiger charge is 2.31.